The van der Waals surface area contributed by atoms with E-state index in [2.05, 4.69) is 43.4 Å². The van der Waals surface area contributed by atoms with Crippen molar-refractivity contribution < 1.29 is 9.47 Å². The first-order valence-electron chi connectivity index (χ1n) is 7.64. The van der Waals surface area contributed by atoms with E-state index in [4.69, 9.17) is 9.47 Å². The highest BCUT2D eigenvalue weighted by Gasteiger charge is 2.18. The Morgan fingerprint density at radius 1 is 1.30 bits per heavy atom. The number of likely N-dealkylation sites (N-methyl/N-ethyl adjacent to an activating group) is 1. The van der Waals surface area contributed by atoms with Crippen molar-refractivity contribution in [1.29, 1.82) is 0 Å². The largest absolute Gasteiger partial charge is 0.379 e. The second-order valence-corrected chi connectivity index (χ2v) is 6.00. The van der Waals surface area contributed by atoms with Crippen LogP contribution in [0.15, 0.2) is 24.3 Å². The lowest BCUT2D eigenvalue weighted by Gasteiger charge is -2.19. The van der Waals surface area contributed by atoms with Gasteiger partial charge in [-0.3, -0.25) is 0 Å². The summed E-state index contributed by atoms with van der Waals surface area (Å²) in [5.74, 6) is 0.701. The van der Waals surface area contributed by atoms with Crippen LogP contribution in [-0.4, -0.2) is 33.0 Å². The Morgan fingerprint density at radius 2 is 2.05 bits per heavy atom. The number of benzene rings is 1. The molecule has 0 spiro atoms. The number of hydrogen-bond acceptors (Lipinski definition) is 3. The van der Waals surface area contributed by atoms with Crippen LogP contribution in [0.25, 0.3) is 0 Å². The van der Waals surface area contributed by atoms with Gasteiger partial charge in [0.05, 0.1) is 25.4 Å². The first-order chi connectivity index (χ1) is 9.69. The number of hydrogen-bond donors (Lipinski definition) is 1. The maximum absolute atomic E-state index is 5.92. The van der Waals surface area contributed by atoms with E-state index >= 15 is 0 Å². The molecule has 112 valence electrons. The Balaban J connectivity index is 1.89. The van der Waals surface area contributed by atoms with Gasteiger partial charge in [0.2, 0.25) is 0 Å². The molecule has 20 heavy (non-hydrogen) atoms. The summed E-state index contributed by atoms with van der Waals surface area (Å²) < 4.78 is 11.3. The molecule has 3 heteroatoms. The zero-order valence-corrected chi connectivity index (χ0v) is 12.9. The molecule has 2 unspecified atom stereocenters. The Kier molecular flexibility index (Phi) is 6.02. The Morgan fingerprint density at radius 3 is 2.60 bits per heavy atom. The lowest BCUT2D eigenvalue weighted by atomic mass is 9.99. The highest BCUT2D eigenvalue weighted by molar-refractivity contribution is 5.25. The summed E-state index contributed by atoms with van der Waals surface area (Å²) in [5, 5.41) is 3.34. The van der Waals surface area contributed by atoms with Crippen molar-refractivity contribution in [2.45, 2.75) is 38.8 Å². The fourth-order valence-corrected chi connectivity index (χ4v) is 2.58. The van der Waals surface area contributed by atoms with Crippen LogP contribution in [0.5, 0.6) is 0 Å². The van der Waals surface area contributed by atoms with Crippen LogP contribution in [0, 0.1) is 5.92 Å². The van der Waals surface area contributed by atoms with E-state index in [9.17, 15) is 0 Å². The molecule has 1 aliphatic rings. The third-order valence-electron chi connectivity index (χ3n) is 3.76. The monoisotopic (exact) mass is 277 g/mol. The third kappa shape index (κ3) is 4.58. The fraction of sp³-hybridized carbons (Fsp3) is 0.647. The average molecular weight is 277 g/mol. The molecule has 1 saturated heterocycles. The zero-order valence-electron chi connectivity index (χ0n) is 12.9. The summed E-state index contributed by atoms with van der Waals surface area (Å²) in [6.45, 7) is 6.78. The molecule has 0 bridgehead atoms. The van der Waals surface area contributed by atoms with Gasteiger partial charge in [0.15, 0.2) is 0 Å². The molecule has 0 amide bonds. The van der Waals surface area contributed by atoms with Gasteiger partial charge in [0.1, 0.15) is 0 Å². The smallest absolute Gasteiger partial charge is 0.0831 e. The van der Waals surface area contributed by atoms with Crippen LogP contribution in [0.1, 0.15) is 37.4 Å². The minimum atomic E-state index is 0.253. The second-order valence-electron chi connectivity index (χ2n) is 6.00. The van der Waals surface area contributed by atoms with Crippen LogP contribution in [0.3, 0.4) is 0 Å². The molecule has 1 heterocycles. The van der Waals surface area contributed by atoms with Crippen molar-refractivity contribution in [2.75, 3.05) is 26.9 Å². The summed E-state index contributed by atoms with van der Waals surface area (Å²) >= 11 is 0. The molecule has 1 aliphatic heterocycles. The Hall–Kier alpha value is -0.900. The normalized spacial score (nSPS) is 20.5. The van der Waals surface area contributed by atoms with Gasteiger partial charge in [-0.1, -0.05) is 38.1 Å². The fourth-order valence-electron chi connectivity index (χ4n) is 2.58. The lowest BCUT2D eigenvalue weighted by Crippen LogP contribution is -2.25. The lowest BCUT2D eigenvalue weighted by molar-refractivity contribution is 0.0308. The number of nitrogens with one attached hydrogen (secondary N) is 1. The summed E-state index contributed by atoms with van der Waals surface area (Å²) in [6.07, 6.45) is 2.43. The van der Waals surface area contributed by atoms with Gasteiger partial charge >= 0.3 is 0 Å². The molecule has 3 nitrogen and oxygen atoms in total. The maximum atomic E-state index is 5.92. The van der Waals surface area contributed by atoms with Gasteiger partial charge in [-0.25, -0.2) is 0 Å². The van der Waals surface area contributed by atoms with Crippen molar-refractivity contribution in [1.82, 2.24) is 5.32 Å². The zero-order chi connectivity index (χ0) is 14.4. The molecule has 1 aromatic rings. The standard InChI is InChI=1S/C17H27NO2/c1-13(2)10-14-4-6-15(7-5-14)17(18-3)12-20-16-8-9-19-11-16/h4-7,13,16-18H,8-12H2,1-3H3. The van der Waals surface area contributed by atoms with Gasteiger partial charge in [0.25, 0.3) is 0 Å². The van der Waals surface area contributed by atoms with E-state index in [-0.39, 0.29) is 12.1 Å². The minimum absolute atomic E-state index is 0.253. The summed E-state index contributed by atoms with van der Waals surface area (Å²) in [4.78, 5) is 0. The van der Waals surface area contributed by atoms with E-state index < -0.39 is 0 Å². The molecule has 1 N–H and O–H groups in total. The molecule has 0 aliphatic carbocycles. The van der Waals surface area contributed by atoms with Crippen LogP contribution < -0.4 is 5.32 Å². The van der Waals surface area contributed by atoms with Crippen molar-refractivity contribution >= 4 is 0 Å². The van der Waals surface area contributed by atoms with Crippen molar-refractivity contribution in [3.8, 4) is 0 Å². The molecule has 0 saturated carbocycles. The third-order valence-corrected chi connectivity index (χ3v) is 3.76. The highest BCUT2D eigenvalue weighted by Crippen LogP contribution is 2.18. The first kappa shape index (κ1) is 15.5. The Labute approximate surface area is 122 Å². The molecular formula is C17H27NO2. The Bertz CT molecular complexity index is 382. The highest BCUT2D eigenvalue weighted by atomic mass is 16.5. The van der Waals surface area contributed by atoms with E-state index in [0.29, 0.717) is 12.5 Å². The number of rotatable bonds is 7. The van der Waals surface area contributed by atoms with E-state index in [1.165, 1.54) is 11.1 Å². The van der Waals surface area contributed by atoms with Gasteiger partial charge in [0, 0.05) is 6.61 Å². The maximum Gasteiger partial charge on any atom is 0.0831 e. The van der Waals surface area contributed by atoms with E-state index in [0.717, 1.165) is 26.1 Å². The summed E-state index contributed by atoms with van der Waals surface area (Å²) in [6, 6.07) is 9.15. The van der Waals surface area contributed by atoms with Crippen molar-refractivity contribution in [3.63, 3.8) is 0 Å². The quantitative estimate of drug-likeness (QED) is 0.831. The molecule has 2 atom stereocenters. The minimum Gasteiger partial charge on any atom is -0.379 e. The molecule has 1 aromatic carbocycles. The SMILES string of the molecule is CNC(COC1CCOC1)c1ccc(CC(C)C)cc1. The summed E-state index contributed by atoms with van der Waals surface area (Å²) in [5.41, 5.74) is 2.70. The van der Waals surface area contributed by atoms with Crippen LogP contribution in [0.2, 0.25) is 0 Å². The van der Waals surface area contributed by atoms with Crippen LogP contribution in [-0.2, 0) is 15.9 Å². The molecule has 1 fully saturated rings. The molecule has 2 rings (SSSR count). The van der Waals surface area contributed by atoms with Crippen LogP contribution >= 0.6 is 0 Å². The predicted molar refractivity (Wildman–Crippen MR) is 82.0 cm³/mol. The predicted octanol–water partition coefficient (Wildman–Crippen LogP) is 2.95. The van der Waals surface area contributed by atoms with Crippen molar-refractivity contribution in [3.05, 3.63) is 35.4 Å². The van der Waals surface area contributed by atoms with Gasteiger partial charge in [-0.2, -0.15) is 0 Å². The molecular weight excluding hydrogens is 250 g/mol. The average Bonchev–Trinajstić information content (AvgIpc) is 2.94. The first-order valence-corrected chi connectivity index (χ1v) is 7.64. The molecule has 0 aromatic heterocycles. The summed E-state index contributed by atoms with van der Waals surface area (Å²) in [7, 11) is 1.99. The molecule has 0 radical (unpaired) electrons. The number of ether oxygens (including phenoxy) is 2. The van der Waals surface area contributed by atoms with Gasteiger partial charge in [-0.05, 0) is 36.9 Å². The topological polar surface area (TPSA) is 30.5 Å². The van der Waals surface area contributed by atoms with Gasteiger partial charge in [-0.15, -0.1) is 0 Å². The van der Waals surface area contributed by atoms with E-state index in [1.54, 1.807) is 0 Å². The van der Waals surface area contributed by atoms with E-state index in [1.807, 2.05) is 7.05 Å². The van der Waals surface area contributed by atoms with Crippen molar-refractivity contribution in [2.24, 2.45) is 5.92 Å². The van der Waals surface area contributed by atoms with Gasteiger partial charge < -0.3 is 14.8 Å². The second kappa shape index (κ2) is 7.77. The van der Waals surface area contributed by atoms with Crippen LogP contribution in [0.4, 0.5) is 0 Å².